The Morgan fingerprint density at radius 2 is 0.833 bits per heavy atom. The van der Waals surface area contributed by atoms with E-state index < -0.39 is 48.5 Å². The van der Waals surface area contributed by atoms with Gasteiger partial charge in [-0.05, 0) is 77.0 Å². The maximum absolute atomic E-state index is 12.5. The molecule has 0 radical (unpaired) electrons. The largest absolute Gasteiger partial charge is 0.455 e. The van der Waals surface area contributed by atoms with Crippen molar-refractivity contribution in [3.8, 4) is 0 Å². The van der Waals surface area contributed by atoms with Crippen LogP contribution in [0.3, 0.4) is 0 Å². The van der Waals surface area contributed by atoms with Gasteiger partial charge in [0.25, 0.3) is 0 Å². The SMILES string of the molecule is C=CC(=O)OC1CCCCC1OC(=O)NC1CCC(NC(=O)OC2CCCCC2OC(=O)C=C)CC1. The van der Waals surface area contributed by atoms with E-state index in [9.17, 15) is 19.2 Å². The van der Waals surface area contributed by atoms with Gasteiger partial charge in [-0.15, -0.1) is 0 Å². The molecule has 2 N–H and O–H groups in total. The fourth-order valence-corrected chi connectivity index (χ4v) is 5.12. The highest BCUT2D eigenvalue weighted by Crippen LogP contribution is 2.26. The zero-order chi connectivity index (χ0) is 25.9. The summed E-state index contributed by atoms with van der Waals surface area (Å²) in [7, 11) is 0. The number of amides is 2. The summed E-state index contributed by atoms with van der Waals surface area (Å²) >= 11 is 0. The zero-order valence-corrected chi connectivity index (χ0v) is 20.8. The molecule has 3 aliphatic rings. The minimum Gasteiger partial charge on any atom is -0.455 e. The number of hydrogen-bond donors (Lipinski definition) is 2. The summed E-state index contributed by atoms with van der Waals surface area (Å²) in [5.41, 5.74) is 0. The van der Waals surface area contributed by atoms with Gasteiger partial charge in [-0.2, -0.15) is 0 Å². The van der Waals surface area contributed by atoms with E-state index in [4.69, 9.17) is 18.9 Å². The molecule has 36 heavy (non-hydrogen) atoms. The summed E-state index contributed by atoms with van der Waals surface area (Å²) in [6.07, 6.45) is 8.33. The van der Waals surface area contributed by atoms with E-state index in [1.807, 2.05) is 0 Å². The number of ether oxygens (including phenoxy) is 4. The van der Waals surface area contributed by atoms with E-state index in [2.05, 4.69) is 23.8 Å². The molecule has 200 valence electrons. The Morgan fingerprint density at radius 3 is 1.14 bits per heavy atom. The average Bonchev–Trinajstić information content (AvgIpc) is 2.87. The topological polar surface area (TPSA) is 129 Å². The van der Waals surface area contributed by atoms with Gasteiger partial charge < -0.3 is 29.6 Å². The maximum atomic E-state index is 12.5. The van der Waals surface area contributed by atoms with Crippen LogP contribution in [-0.2, 0) is 28.5 Å². The summed E-state index contributed by atoms with van der Waals surface area (Å²) in [4.78, 5) is 48.0. The van der Waals surface area contributed by atoms with Crippen molar-refractivity contribution in [3.63, 3.8) is 0 Å². The van der Waals surface area contributed by atoms with Crippen molar-refractivity contribution in [2.45, 2.75) is 114 Å². The first-order valence-corrected chi connectivity index (χ1v) is 13.0. The molecule has 3 rings (SSSR count). The lowest BCUT2D eigenvalue weighted by atomic mass is 9.91. The van der Waals surface area contributed by atoms with Gasteiger partial charge in [0.15, 0.2) is 0 Å². The van der Waals surface area contributed by atoms with Crippen molar-refractivity contribution < 1.29 is 38.1 Å². The van der Waals surface area contributed by atoms with Gasteiger partial charge in [0.1, 0.15) is 24.4 Å². The standard InChI is InChI=1S/C26H38N2O8/c1-3-23(29)33-19-9-5-7-11-21(19)35-25(31)27-17-13-15-18(16-14-17)28-26(32)36-22-12-8-6-10-20(22)34-24(30)4-2/h3-4,17-22H,1-2,5-16H2,(H,27,31)(H,28,32). The Kier molecular flexibility index (Phi) is 10.6. The highest BCUT2D eigenvalue weighted by molar-refractivity contribution is 5.81. The molecule has 4 atom stereocenters. The van der Waals surface area contributed by atoms with E-state index in [1.54, 1.807) is 0 Å². The molecule has 3 aliphatic carbocycles. The molecule has 0 aromatic carbocycles. The number of rotatable bonds is 8. The maximum Gasteiger partial charge on any atom is 0.407 e. The van der Waals surface area contributed by atoms with Gasteiger partial charge in [0.05, 0.1) is 0 Å². The van der Waals surface area contributed by atoms with Crippen LogP contribution >= 0.6 is 0 Å². The van der Waals surface area contributed by atoms with Crippen LogP contribution in [0, 0.1) is 0 Å². The predicted molar refractivity (Wildman–Crippen MR) is 130 cm³/mol. The van der Waals surface area contributed by atoms with Crippen LogP contribution in [0.15, 0.2) is 25.3 Å². The van der Waals surface area contributed by atoms with Crippen molar-refractivity contribution in [2.75, 3.05) is 0 Å². The summed E-state index contributed by atoms with van der Waals surface area (Å²) < 4.78 is 21.8. The van der Waals surface area contributed by atoms with Crippen molar-refractivity contribution in [1.29, 1.82) is 0 Å². The van der Waals surface area contributed by atoms with Crippen LogP contribution in [-0.4, -0.2) is 60.6 Å². The van der Waals surface area contributed by atoms with Crippen molar-refractivity contribution >= 4 is 24.1 Å². The molecule has 3 fully saturated rings. The Hall–Kier alpha value is -3.04. The van der Waals surface area contributed by atoms with E-state index in [0.29, 0.717) is 51.4 Å². The normalized spacial score (nSPS) is 30.1. The van der Waals surface area contributed by atoms with Crippen molar-refractivity contribution in [1.82, 2.24) is 10.6 Å². The quantitative estimate of drug-likeness (QED) is 0.289. The van der Waals surface area contributed by atoms with Crippen LogP contribution in [0.4, 0.5) is 9.59 Å². The van der Waals surface area contributed by atoms with Gasteiger partial charge >= 0.3 is 24.1 Å². The molecule has 0 saturated heterocycles. The van der Waals surface area contributed by atoms with Crippen LogP contribution in [0.5, 0.6) is 0 Å². The minimum atomic E-state index is -0.519. The summed E-state index contributed by atoms with van der Waals surface area (Å²) in [5, 5.41) is 5.80. The molecule has 10 heteroatoms. The predicted octanol–water partition coefficient (Wildman–Crippen LogP) is 3.83. The Bertz CT molecular complexity index is 742. The number of hydrogen-bond acceptors (Lipinski definition) is 8. The second kappa shape index (κ2) is 13.9. The molecule has 0 bridgehead atoms. The Balaban J connectivity index is 1.37. The molecular weight excluding hydrogens is 468 g/mol. The van der Waals surface area contributed by atoms with Gasteiger partial charge in [-0.1, -0.05) is 13.2 Å². The number of carbonyl (C=O) groups excluding carboxylic acids is 4. The highest BCUT2D eigenvalue weighted by atomic mass is 16.6. The third-order valence-corrected chi connectivity index (χ3v) is 7.04. The first kappa shape index (κ1) is 27.5. The molecule has 0 aliphatic heterocycles. The molecule has 2 amide bonds. The van der Waals surface area contributed by atoms with Gasteiger partial charge in [-0.25, -0.2) is 19.2 Å². The Labute approximate surface area is 212 Å². The van der Waals surface area contributed by atoms with Crippen LogP contribution in [0.2, 0.25) is 0 Å². The lowest BCUT2D eigenvalue weighted by molar-refractivity contribution is -0.152. The van der Waals surface area contributed by atoms with E-state index >= 15 is 0 Å². The fourth-order valence-electron chi connectivity index (χ4n) is 5.12. The van der Waals surface area contributed by atoms with E-state index in [0.717, 1.165) is 37.8 Å². The molecule has 0 aromatic rings. The minimum absolute atomic E-state index is 0.0645. The molecule has 10 nitrogen and oxygen atoms in total. The number of carbonyl (C=O) groups is 4. The van der Waals surface area contributed by atoms with Crippen LogP contribution < -0.4 is 10.6 Å². The second-order valence-electron chi connectivity index (χ2n) is 9.65. The number of esters is 2. The van der Waals surface area contributed by atoms with E-state index in [-0.39, 0.29) is 12.1 Å². The summed E-state index contributed by atoms with van der Waals surface area (Å²) in [6.45, 7) is 6.82. The first-order chi connectivity index (χ1) is 17.4. The van der Waals surface area contributed by atoms with Crippen LogP contribution in [0.25, 0.3) is 0 Å². The smallest absolute Gasteiger partial charge is 0.407 e. The highest BCUT2D eigenvalue weighted by Gasteiger charge is 2.34. The summed E-state index contributed by atoms with van der Waals surface area (Å²) in [6, 6.07) is -0.129. The van der Waals surface area contributed by atoms with Crippen molar-refractivity contribution in [2.24, 2.45) is 0 Å². The third-order valence-electron chi connectivity index (χ3n) is 7.04. The number of nitrogens with one attached hydrogen (secondary N) is 2. The van der Waals surface area contributed by atoms with Gasteiger partial charge in [-0.3, -0.25) is 0 Å². The lowest BCUT2D eigenvalue weighted by Gasteiger charge is -2.33. The van der Waals surface area contributed by atoms with Gasteiger partial charge in [0.2, 0.25) is 0 Å². The van der Waals surface area contributed by atoms with Crippen LogP contribution in [0.1, 0.15) is 77.0 Å². The van der Waals surface area contributed by atoms with E-state index in [1.165, 1.54) is 0 Å². The molecule has 0 heterocycles. The first-order valence-electron chi connectivity index (χ1n) is 13.0. The monoisotopic (exact) mass is 506 g/mol. The summed E-state index contributed by atoms with van der Waals surface area (Å²) in [5.74, 6) is -1.03. The molecular formula is C26H38N2O8. The molecule has 0 spiro atoms. The lowest BCUT2D eigenvalue weighted by Crippen LogP contribution is -2.47. The zero-order valence-electron chi connectivity index (χ0n) is 20.8. The van der Waals surface area contributed by atoms with Gasteiger partial charge in [0, 0.05) is 24.2 Å². The third kappa shape index (κ3) is 8.57. The average molecular weight is 507 g/mol. The Morgan fingerprint density at radius 1 is 0.528 bits per heavy atom. The number of alkyl carbamates (subject to hydrolysis) is 2. The molecule has 3 saturated carbocycles. The molecule has 0 aromatic heterocycles. The van der Waals surface area contributed by atoms with Crippen molar-refractivity contribution in [3.05, 3.63) is 25.3 Å². The second-order valence-corrected chi connectivity index (χ2v) is 9.65. The fraction of sp³-hybridized carbons (Fsp3) is 0.692. The molecule has 4 unspecified atom stereocenters.